The minimum Gasteiger partial charge on any atom is -0.294 e. The molecule has 0 aromatic carbocycles. The lowest BCUT2D eigenvalue weighted by molar-refractivity contribution is 0.0992. The Kier molecular flexibility index (Phi) is 2.92. The van der Waals surface area contributed by atoms with Gasteiger partial charge in [0.25, 0.3) is 0 Å². The van der Waals surface area contributed by atoms with Crippen LogP contribution in [-0.4, -0.2) is 10.8 Å². The molecule has 2 aromatic rings. The van der Waals surface area contributed by atoms with E-state index in [1.54, 1.807) is 17.5 Å². The molecule has 0 saturated carbocycles. The van der Waals surface area contributed by atoms with Crippen LogP contribution in [0, 0.1) is 6.92 Å². The Morgan fingerprint density at radius 1 is 1.47 bits per heavy atom. The minimum atomic E-state index is 0.137. The Balaban J connectivity index is 2.17. The highest BCUT2D eigenvalue weighted by molar-refractivity contribution is 7.08. The van der Waals surface area contributed by atoms with Crippen molar-refractivity contribution < 1.29 is 4.79 Å². The first-order chi connectivity index (χ1) is 7.27. The lowest BCUT2D eigenvalue weighted by Gasteiger charge is -2.01. The third kappa shape index (κ3) is 2.30. The van der Waals surface area contributed by atoms with Crippen LogP contribution in [-0.2, 0) is 6.42 Å². The summed E-state index contributed by atoms with van der Waals surface area (Å²) in [6, 6.07) is 5.71. The Hall–Kier alpha value is -1.48. The van der Waals surface area contributed by atoms with E-state index in [0.717, 1.165) is 16.8 Å². The number of carbonyl (C=O) groups is 1. The first kappa shape index (κ1) is 10.1. The SMILES string of the molecule is Cc1cccnc1CC(=O)c1ccsc1. The van der Waals surface area contributed by atoms with Gasteiger partial charge in [0, 0.05) is 17.1 Å². The molecule has 76 valence electrons. The van der Waals surface area contributed by atoms with Gasteiger partial charge < -0.3 is 0 Å². The van der Waals surface area contributed by atoms with Crippen LogP contribution in [0.3, 0.4) is 0 Å². The van der Waals surface area contributed by atoms with Crippen LogP contribution in [0.15, 0.2) is 35.2 Å². The Labute approximate surface area is 92.6 Å². The maximum atomic E-state index is 11.8. The molecule has 0 aliphatic heterocycles. The second kappa shape index (κ2) is 4.36. The van der Waals surface area contributed by atoms with Crippen molar-refractivity contribution >= 4 is 17.1 Å². The predicted octanol–water partition coefficient (Wildman–Crippen LogP) is 2.88. The quantitative estimate of drug-likeness (QED) is 0.740. The van der Waals surface area contributed by atoms with E-state index in [9.17, 15) is 4.79 Å². The molecule has 2 nitrogen and oxygen atoms in total. The summed E-state index contributed by atoms with van der Waals surface area (Å²) in [5.41, 5.74) is 2.72. The minimum absolute atomic E-state index is 0.137. The fourth-order valence-electron chi connectivity index (χ4n) is 1.38. The highest BCUT2D eigenvalue weighted by Gasteiger charge is 2.09. The van der Waals surface area contributed by atoms with Crippen LogP contribution in [0.4, 0.5) is 0 Å². The van der Waals surface area contributed by atoms with Gasteiger partial charge in [-0.25, -0.2) is 0 Å². The Morgan fingerprint density at radius 2 is 2.33 bits per heavy atom. The average Bonchev–Trinajstić information content (AvgIpc) is 2.74. The van der Waals surface area contributed by atoms with Crippen LogP contribution in [0.5, 0.6) is 0 Å². The van der Waals surface area contributed by atoms with Crippen LogP contribution >= 0.6 is 11.3 Å². The molecule has 0 bridgehead atoms. The molecule has 3 heteroatoms. The van der Waals surface area contributed by atoms with E-state index in [0.29, 0.717) is 6.42 Å². The van der Waals surface area contributed by atoms with E-state index < -0.39 is 0 Å². The predicted molar refractivity (Wildman–Crippen MR) is 61.3 cm³/mol. The molecule has 0 spiro atoms. The van der Waals surface area contributed by atoms with Crippen molar-refractivity contribution in [3.8, 4) is 0 Å². The molecule has 2 aromatic heterocycles. The number of aryl methyl sites for hydroxylation is 1. The van der Waals surface area contributed by atoms with Gasteiger partial charge in [0.1, 0.15) is 0 Å². The van der Waals surface area contributed by atoms with Crippen molar-refractivity contribution in [3.63, 3.8) is 0 Å². The molecule has 0 aliphatic carbocycles. The van der Waals surface area contributed by atoms with Crippen LogP contribution in [0.1, 0.15) is 21.6 Å². The number of hydrogen-bond acceptors (Lipinski definition) is 3. The fourth-order valence-corrected chi connectivity index (χ4v) is 2.04. The summed E-state index contributed by atoms with van der Waals surface area (Å²) in [6.45, 7) is 1.98. The highest BCUT2D eigenvalue weighted by atomic mass is 32.1. The number of Topliss-reactive ketones (excluding diaryl/α,β-unsaturated/α-hetero) is 1. The van der Waals surface area contributed by atoms with E-state index in [1.807, 2.05) is 35.9 Å². The zero-order chi connectivity index (χ0) is 10.7. The number of rotatable bonds is 3. The maximum absolute atomic E-state index is 11.8. The second-order valence-electron chi connectivity index (χ2n) is 3.38. The van der Waals surface area contributed by atoms with Crippen molar-refractivity contribution in [3.05, 3.63) is 52.0 Å². The summed E-state index contributed by atoms with van der Waals surface area (Å²) in [5.74, 6) is 0.137. The highest BCUT2D eigenvalue weighted by Crippen LogP contribution is 2.11. The van der Waals surface area contributed by atoms with E-state index in [-0.39, 0.29) is 5.78 Å². The number of thiophene rings is 1. The van der Waals surface area contributed by atoms with Gasteiger partial charge in [-0.1, -0.05) is 6.07 Å². The smallest absolute Gasteiger partial charge is 0.169 e. The molecule has 0 unspecified atom stereocenters. The largest absolute Gasteiger partial charge is 0.294 e. The van der Waals surface area contributed by atoms with Gasteiger partial charge in [-0.2, -0.15) is 11.3 Å². The van der Waals surface area contributed by atoms with Gasteiger partial charge in [-0.05, 0) is 30.0 Å². The van der Waals surface area contributed by atoms with Gasteiger partial charge in [-0.15, -0.1) is 0 Å². The summed E-state index contributed by atoms with van der Waals surface area (Å²) in [7, 11) is 0. The molecular weight excluding hydrogens is 206 g/mol. The number of hydrogen-bond donors (Lipinski definition) is 0. The van der Waals surface area contributed by atoms with Crippen LogP contribution in [0.2, 0.25) is 0 Å². The molecular formula is C12H11NOS. The van der Waals surface area contributed by atoms with Gasteiger partial charge in [0.15, 0.2) is 5.78 Å². The Bertz CT molecular complexity index is 462. The number of nitrogens with zero attached hydrogens (tertiary/aromatic N) is 1. The molecule has 0 N–H and O–H groups in total. The fraction of sp³-hybridized carbons (Fsp3) is 0.167. The third-order valence-electron chi connectivity index (χ3n) is 2.29. The van der Waals surface area contributed by atoms with E-state index in [4.69, 9.17) is 0 Å². The average molecular weight is 217 g/mol. The third-order valence-corrected chi connectivity index (χ3v) is 2.97. The molecule has 2 rings (SSSR count). The van der Waals surface area contributed by atoms with Gasteiger partial charge >= 0.3 is 0 Å². The van der Waals surface area contributed by atoms with Crippen molar-refractivity contribution in [2.24, 2.45) is 0 Å². The van der Waals surface area contributed by atoms with Gasteiger partial charge in [0.2, 0.25) is 0 Å². The molecule has 2 heterocycles. The topological polar surface area (TPSA) is 30.0 Å². The molecule has 0 saturated heterocycles. The summed E-state index contributed by atoms with van der Waals surface area (Å²) >= 11 is 1.54. The lowest BCUT2D eigenvalue weighted by atomic mass is 10.1. The molecule has 15 heavy (non-hydrogen) atoms. The van der Waals surface area contributed by atoms with Crippen LogP contribution in [0.25, 0.3) is 0 Å². The lowest BCUT2D eigenvalue weighted by Crippen LogP contribution is -2.05. The zero-order valence-electron chi connectivity index (χ0n) is 8.43. The van der Waals surface area contributed by atoms with Crippen molar-refractivity contribution in [1.82, 2.24) is 4.98 Å². The number of pyridine rings is 1. The first-order valence-corrected chi connectivity index (χ1v) is 5.67. The zero-order valence-corrected chi connectivity index (χ0v) is 9.25. The van der Waals surface area contributed by atoms with E-state index in [1.165, 1.54) is 0 Å². The monoisotopic (exact) mass is 217 g/mol. The maximum Gasteiger partial charge on any atom is 0.169 e. The molecule has 0 fully saturated rings. The summed E-state index contributed by atoms with van der Waals surface area (Å²) in [5, 5.41) is 3.79. The molecule has 0 radical (unpaired) electrons. The second-order valence-corrected chi connectivity index (χ2v) is 4.16. The standard InChI is InChI=1S/C12H11NOS/c1-9-3-2-5-13-11(9)7-12(14)10-4-6-15-8-10/h2-6,8H,7H2,1H3. The number of ketones is 1. The summed E-state index contributed by atoms with van der Waals surface area (Å²) < 4.78 is 0. The normalized spacial score (nSPS) is 10.2. The molecule has 0 amide bonds. The first-order valence-electron chi connectivity index (χ1n) is 4.73. The Morgan fingerprint density at radius 3 is 3.00 bits per heavy atom. The summed E-state index contributed by atoms with van der Waals surface area (Å²) in [4.78, 5) is 16.0. The van der Waals surface area contributed by atoms with Crippen molar-refractivity contribution in [1.29, 1.82) is 0 Å². The molecule has 0 aliphatic rings. The van der Waals surface area contributed by atoms with Crippen molar-refractivity contribution in [2.75, 3.05) is 0 Å². The number of carbonyl (C=O) groups excluding carboxylic acids is 1. The number of aromatic nitrogens is 1. The van der Waals surface area contributed by atoms with Gasteiger partial charge in [0.05, 0.1) is 12.1 Å². The van der Waals surface area contributed by atoms with Crippen molar-refractivity contribution in [2.45, 2.75) is 13.3 Å². The van der Waals surface area contributed by atoms with Crippen LogP contribution < -0.4 is 0 Å². The molecule has 0 atom stereocenters. The van der Waals surface area contributed by atoms with Gasteiger partial charge in [-0.3, -0.25) is 9.78 Å². The van der Waals surface area contributed by atoms with E-state index in [2.05, 4.69) is 4.98 Å². The summed E-state index contributed by atoms with van der Waals surface area (Å²) in [6.07, 6.45) is 2.12. The van der Waals surface area contributed by atoms with E-state index >= 15 is 0 Å².